The van der Waals surface area contributed by atoms with Gasteiger partial charge in [0.15, 0.2) is 0 Å². The molecule has 0 bridgehead atoms. The van der Waals surface area contributed by atoms with Crippen molar-refractivity contribution < 1.29 is 8.83 Å². The summed E-state index contributed by atoms with van der Waals surface area (Å²) in [6.45, 7) is 1.91. The average molecular weight is 276 g/mol. The molecule has 0 aliphatic rings. The first-order valence-corrected chi connectivity index (χ1v) is 6.74. The summed E-state index contributed by atoms with van der Waals surface area (Å²) in [7, 11) is 0. The maximum atomic E-state index is 11.5. The predicted molar refractivity (Wildman–Crippen MR) is 82.4 cm³/mol. The number of hydrogen-bond acceptors (Lipinski definition) is 3. The van der Waals surface area contributed by atoms with Gasteiger partial charge in [0, 0.05) is 28.5 Å². The van der Waals surface area contributed by atoms with Crippen LogP contribution in [-0.4, -0.2) is 0 Å². The Balaban J connectivity index is 2.02. The lowest BCUT2D eigenvalue weighted by Gasteiger charge is -1.99. The van der Waals surface area contributed by atoms with E-state index in [4.69, 9.17) is 8.83 Å². The lowest BCUT2D eigenvalue weighted by molar-refractivity contribution is 0.558. The molecular weight excluding hydrogens is 264 g/mol. The Morgan fingerprint density at radius 1 is 0.857 bits per heavy atom. The highest BCUT2D eigenvalue weighted by molar-refractivity contribution is 5.96. The van der Waals surface area contributed by atoms with Crippen molar-refractivity contribution in [2.45, 2.75) is 6.92 Å². The van der Waals surface area contributed by atoms with Crippen LogP contribution < -0.4 is 5.63 Å². The Morgan fingerprint density at radius 2 is 1.67 bits per heavy atom. The summed E-state index contributed by atoms with van der Waals surface area (Å²) in [5.74, 6) is 0.806. The molecule has 0 amide bonds. The fourth-order valence-corrected chi connectivity index (χ4v) is 2.60. The number of aryl methyl sites for hydroxylation is 1. The Hall–Kier alpha value is -2.81. The van der Waals surface area contributed by atoms with Crippen LogP contribution >= 0.6 is 0 Å². The zero-order chi connectivity index (χ0) is 14.4. The van der Waals surface area contributed by atoms with Gasteiger partial charge in [-0.2, -0.15) is 0 Å². The second-order valence-electron chi connectivity index (χ2n) is 5.11. The van der Waals surface area contributed by atoms with Gasteiger partial charge in [-0.05, 0) is 24.6 Å². The van der Waals surface area contributed by atoms with E-state index in [-0.39, 0.29) is 5.63 Å². The highest BCUT2D eigenvalue weighted by Gasteiger charge is 2.10. The normalized spacial score (nSPS) is 11.3. The molecular formula is C18H12O3. The summed E-state index contributed by atoms with van der Waals surface area (Å²) >= 11 is 0. The molecule has 0 N–H and O–H groups in total. The molecule has 0 atom stereocenters. The highest BCUT2D eigenvalue weighted by Crippen LogP contribution is 2.31. The van der Waals surface area contributed by atoms with E-state index >= 15 is 0 Å². The smallest absolute Gasteiger partial charge is 0.336 e. The summed E-state index contributed by atoms with van der Waals surface area (Å²) in [6.07, 6.45) is 0. The molecule has 0 saturated heterocycles. The van der Waals surface area contributed by atoms with E-state index in [9.17, 15) is 4.79 Å². The van der Waals surface area contributed by atoms with Crippen LogP contribution in [0.2, 0.25) is 0 Å². The van der Waals surface area contributed by atoms with Gasteiger partial charge in [0.05, 0.1) is 0 Å². The predicted octanol–water partition coefficient (Wildman–Crippen LogP) is 4.51. The van der Waals surface area contributed by atoms with Crippen LogP contribution in [-0.2, 0) is 0 Å². The van der Waals surface area contributed by atoms with E-state index in [1.54, 1.807) is 6.07 Å². The van der Waals surface area contributed by atoms with Gasteiger partial charge in [0.1, 0.15) is 16.9 Å². The van der Waals surface area contributed by atoms with Gasteiger partial charge in [0.2, 0.25) is 0 Å². The van der Waals surface area contributed by atoms with E-state index in [2.05, 4.69) is 0 Å². The molecule has 0 spiro atoms. The first kappa shape index (κ1) is 12.0. The van der Waals surface area contributed by atoms with Crippen molar-refractivity contribution in [3.8, 4) is 11.3 Å². The Kier molecular flexibility index (Phi) is 2.48. The summed E-state index contributed by atoms with van der Waals surface area (Å²) in [5.41, 5.74) is 2.87. The third-order valence-electron chi connectivity index (χ3n) is 3.65. The minimum Gasteiger partial charge on any atom is -0.456 e. The van der Waals surface area contributed by atoms with Crippen molar-refractivity contribution in [1.82, 2.24) is 0 Å². The van der Waals surface area contributed by atoms with Gasteiger partial charge >= 0.3 is 5.63 Å². The minimum atomic E-state index is -0.339. The van der Waals surface area contributed by atoms with Crippen LogP contribution in [0.25, 0.3) is 33.3 Å². The topological polar surface area (TPSA) is 43.4 Å². The molecule has 21 heavy (non-hydrogen) atoms. The molecule has 2 aromatic heterocycles. The Labute approximate surface area is 120 Å². The maximum absolute atomic E-state index is 11.5. The third kappa shape index (κ3) is 1.94. The van der Waals surface area contributed by atoms with E-state index in [1.165, 1.54) is 6.07 Å². The van der Waals surface area contributed by atoms with Crippen molar-refractivity contribution in [3.05, 3.63) is 70.6 Å². The fourth-order valence-electron chi connectivity index (χ4n) is 2.60. The van der Waals surface area contributed by atoms with Crippen molar-refractivity contribution in [3.63, 3.8) is 0 Å². The zero-order valence-corrected chi connectivity index (χ0v) is 11.4. The van der Waals surface area contributed by atoms with E-state index in [1.807, 2.05) is 49.4 Å². The number of furan rings is 1. The van der Waals surface area contributed by atoms with Crippen molar-refractivity contribution in [2.75, 3.05) is 0 Å². The summed E-state index contributed by atoms with van der Waals surface area (Å²) in [4.78, 5) is 11.5. The fraction of sp³-hybridized carbons (Fsp3) is 0.0556. The minimum absolute atomic E-state index is 0.339. The van der Waals surface area contributed by atoms with Gasteiger partial charge in [-0.3, -0.25) is 0 Å². The van der Waals surface area contributed by atoms with Crippen LogP contribution in [0.5, 0.6) is 0 Å². The molecule has 2 aromatic carbocycles. The van der Waals surface area contributed by atoms with E-state index < -0.39 is 0 Å². The quantitative estimate of drug-likeness (QED) is 0.480. The number of benzene rings is 2. The molecule has 4 rings (SSSR count). The van der Waals surface area contributed by atoms with Crippen molar-refractivity contribution >= 4 is 21.9 Å². The standard InChI is InChI=1S/C18H12O3/c1-11-7-18(19)21-17-10-16-13(8-14(11)17)9-15(20-16)12-5-3-2-4-6-12/h2-10H,1H3. The van der Waals surface area contributed by atoms with Crippen molar-refractivity contribution in [2.24, 2.45) is 0 Å². The molecule has 2 heterocycles. The van der Waals surface area contributed by atoms with Gasteiger partial charge in [0.25, 0.3) is 0 Å². The van der Waals surface area contributed by atoms with Crippen LogP contribution in [0, 0.1) is 6.92 Å². The SMILES string of the molecule is Cc1cc(=O)oc2cc3oc(-c4ccccc4)cc3cc12. The third-order valence-corrected chi connectivity index (χ3v) is 3.65. The van der Waals surface area contributed by atoms with E-state index in [0.29, 0.717) is 5.58 Å². The monoisotopic (exact) mass is 276 g/mol. The summed E-state index contributed by atoms with van der Waals surface area (Å²) in [6, 6.07) is 17.2. The number of rotatable bonds is 1. The highest BCUT2D eigenvalue weighted by atomic mass is 16.4. The molecule has 0 aliphatic heterocycles. The first-order valence-electron chi connectivity index (χ1n) is 6.74. The summed E-state index contributed by atoms with van der Waals surface area (Å²) < 4.78 is 11.1. The summed E-state index contributed by atoms with van der Waals surface area (Å²) in [5, 5.41) is 1.93. The largest absolute Gasteiger partial charge is 0.456 e. The van der Waals surface area contributed by atoms with Gasteiger partial charge in [-0.1, -0.05) is 30.3 Å². The van der Waals surface area contributed by atoms with Crippen LogP contribution in [0.15, 0.2) is 68.2 Å². The molecule has 3 nitrogen and oxygen atoms in total. The Morgan fingerprint density at radius 3 is 2.48 bits per heavy atom. The molecule has 0 unspecified atom stereocenters. The van der Waals surface area contributed by atoms with E-state index in [0.717, 1.165) is 33.2 Å². The second kappa shape index (κ2) is 4.35. The van der Waals surface area contributed by atoms with Crippen LogP contribution in [0.4, 0.5) is 0 Å². The van der Waals surface area contributed by atoms with Crippen LogP contribution in [0.1, 0.15) is 5.56 Å². The molecule has 0 saturated carbocycles. The lowest BCUT2D eigenvalue weighted by atomic mass is 10.1. The maximum Gasteiger partial charge on any atom is 0.336 e. The van der Waals surface area contributed by atoms with Crippen molar-refractivity contribution in [1.29, 1.82) is 0 Å². The average Bonchev–Trinajstić information content (AvgIpc) is 2.89. The van der Waals surface area contributed by atoms with Gasteiger partial charge < -0.3 is 8.83 Å². The van der Waals surface area contributed by atoms with Gasteiger partial charge in [-0.25, -0.2) is 4.79 Å². The lowest BCUT2D eigenvalue weighted by Crippen LogP contribution is -1.97. The van der Waals surface area contributed by atoms with Gasteiger partial charge in [-0.15, -0.1) is 0 Å². The molecule has 102 valence electrons. The number of fused-ring (bicyclic) bond motifs is 2. The second-order valence-corrected chi connectivity index (χ2v) is 5.11. The first-order chi connectivity index (χ1) is 10.2. The Bertz CT molecular complexity index is 1010. The molecule has 0 radical (unpaired) electrons. The molecule has 0 aliphatic carbocycles. The van der Waals surface area contributed by atoms with Crippen LogP contribution in [0.3, 0.4) is 0 Å². The zero-order valence-electron chi connectivity index (χ0n) is 11.4. The number of hydrogen-bond donors (Lipinski definition) is 0. The molecule has 4 aromatic rings. The molecule has 0 fully saturated rings. The molecule has 3 heteroatoms.